The molecule has 1 aromatic rings. The Morgan fingerprint density at radius 2 is 1.79 bits per heavy atom. The van der Waals surface area contributed by atoms with Crippen molar-refractivity contribution in [2.75, 3.05) is 27.3 Å². The molecule has 0 saturated heterocycles. The van der Waals surface area contributed by atoms with Crippen molar-refractivity contribution in [1.82, 2.24) is 10.6 Å². The van der Waals surface area contributed by atoms with E-state index in [1.807, 2.05) is 18.2 Å². The van der Waals surface area contributed by atoms with Gasteiger partial charge in [-0.05, 0) is 39.0 Å². The zero-order chi connectivity index (χ0) is 14.3. The molecule has 0 unspecified atom stereocenters. The monoisotopic (exact) mass is 266 g/mol. The molecule has 0 aliphatic rings. The minimum absolute atomic E-state index is 0.162. The smallest absolute Gasteiger partial charge is 0.123 e. The maximum Gasteiger partial charge on any atom is 0.123 e. The van der Waals surface area contributed by atoms with Gasteiger partial charge in [-0.2, -0.15) is 0 Å². The van der Waals surface area contributed by atoms with Gasteiger partial charge in [0.05, 0.1) is 14.2 Å². The first-order chi connectivity index (χ1) is 8.96. The topological polar surface area (TPSA) is 42.5 Å². The molecule has 0 atom stereocenters. The van der Waals surface area contributed by atoms with Crippen LogP contribution in [0.5, 0.6) is 11.5 Å². The van der Waals surface area contributed by atoms with E-state index in [9.17, 15) is 0 Å². The SMILES string of the molecule is COc1ccc(OC)c(CNCCNC(C)(C)C)c1. The highest BCUT2D eigenvalue weighted by molar-refractivity contribution is 5.40. The molecule has 108 valence electrons. The Morgan fingerprint density at radius 3 is 2.37 bits per heavy atom. The van der Waals surface area contributed by atoms with E-state index in [1.54, 1.807) is 14.2 Å². The minimum atomic E-state index is 0.162. The van der Waals surface area contributed by atoms with Crippen molar-refractivity contribution in [2.45, 2.75) is 32.9 Å². The van der Waals surface area contributed by atoms with Crippen LogP contribution in [0.15, 0.2) is 18.2 Å². The quantitative estimate of drug-likeness (QED) is 0.742. The van der Waals surface area contributed by atoms with Gasteiger partial charge >= 0.3 is 0 Å². The van der Waals surface area contributed by atoms with Crippen LogP contribution in [0.2, 0.25) is 0 Å². The van der Waals surface area contributed by atoms with Crippen molar-refractivity contribution in [1.29, 1.82) is 0 Å². The predicted octanol–water partition coefficient (Wildman–Crippen LogP) is 2.18. The van der Waals surface area contributed by atoms with Crippen molar-refractivity contribution in [3.8, 4) is 11.5 Å². The lowest BCUT2D eigenvalue weighted by Gasteiger charge is -2.20. The van der Waals surface area contributed by atoms with E-state index < -0.39 is 0 Å². The first-order valence-electron chi connectivity index (χ1n) is 6.63. The van der Waals surface area contributed by atoms with Crippen LogP contribution in [0.25, 0.3) is 0 Å². The van der Waals surface area contributed by atoms with E-state index in [4.69, 9.17) is 9.47 Å². The molecule has 0 aliphatic heterocycles. The minimum Gasteiger partial charge on any atom is -0.497 e. The zero-order valence-electron chi connectivity index (χ0n) is 12.7. The molecular formula is C15H26N2O2. The van der Waals surface area contributed by atoms with Gasteiger partial charge in [-0.25, -0.2) is 0 Å². The third-order valence-corrected chi connectivity index (χ3v) is 2.76. The van der Waals surface area contributed by atoms with Crippen molar-refractivity contribution < 1.29 is 9.47 Å². The van der Waals surface area contributed by atoms with Crippen molar-refractivity contribution in [3.63, 3.8) is 0 Å². The Bertz CT molecular complexity index is 386. The number of ether oxygens (including phenoxy) is 2. The molecule has 0 bridgehead atoms. The van der Waals surface area contributed by atoms with E-state index in [0.29, 0.717) is 0 Å². The highest BCUT2D eigenvalue weighted by atomic mass is 16.5. The van der Waals surface area contributed by atoms with Gasteiger partial charge in [0.25, 0.3) is 0 Å². The van der Waals surface area contributed by atoms with Crippen molar-refractivity contribution in [3.05, 3.63) is 23.8 Å². The van der Waals surface area contributed by atoms with Gasteiger partial charge in [-0.1, -0.05) is 0 Å². The summed E-state index contributed by atoms with van der Waals surface area (Å²) < 4.78 is 10.6. The van der Waals surface area contributed by atoms with E-state index >= 15 is 0 Å². The van der Waals surface area contributed by atoms with Crippen LogP contribution in [0.3, 0.4) is 0 Å². The second-order valence-corrected chi connectivity index (χ2v) is 5.53. The van der Waals surface area contributed by atoms with Gasteiger partial charge in [0.2, 0.25) is 0 Å². The lowest BCUT2D eigenvalue weighted by Crippen LogP contribution is -2.40. The summed E-state index contributed by atoms with van der Waals surface area (Å²) >= 11 is 0. The molecule has 0 radical (unpaired) electrons. The van der Waals surface area contributed by atoms with Gasteiger partial charge in [-0.3, -0.25) is 0 Å². The fourth-order valence-electron chi connectivity index (χ4n) is 1.77. The molecule has 1 rings (SSSR count). The molecule has 4 nitrogen and oxygen atoms in total. The van der Waals surface area contributed by atoms with Gasteiger partial charge in [0.15, 0.2) is 0 Å². The van der Waals surface area contributed by atoms with Crippen LogP contribution < -0.4 is 20.1 Å². The Morgan fingerprint density at radius 1 is 1.05 bits per heavy atom. The largest absolute Gasteiger partial charge is 0.497 e. The van der Waals surface area contributed by atoms with Gasteiger partial charge < -0.3 is 20.1 Å². The molecule has 2 N–H and O–H groups in total. The van der Waals surface area contributed by atoms with Crippen molar-refractivity contribution >= 4 is 0 Å². The van der Waals surface area contributed by atoms with E-state index in [1.165, 1.54) is 0 Å². The van der Waals surface area contributed by atoms with Gasteiger partial charge in [0, 0.05) is 30.7 Å². The number of rotatable bonds is 7. The summed E-state index contributed by atoms with van der Waals surface area (Å²) in [4.78, 5) is 0. The third kappa shape index (κ3) is 5.94. The van der Waals surface area contributed by atoms with Gasteiger partial charge in [0.1, 0.15) is 11.5 Å². The number of hydrogen-bond donors (Lipinski definition) is 2. The lowest BCUT2D eigenvalue weighted by molar-refractivity contribution is 0.395. The van der Waals surface area contributed by atoms with E-state index in [0.717, 1.165) is 36.7 Å². The van der Waals surface area contributed by atoms with Crippen LogP contribution in [0, 0.1) is 0 Å². The standard InChI is InChI=1S/C15H26N2O2/c1-15(2,3)17-9-8-16-11-12-10-13(18-4)6-7-14(12)19-5/h6-7,10,16-17H,8-9,11H2,1-5H3. The summed E-state index contributed by atoms with van der Waals surface area (Å²) in [6.45, 7) is 9.12. The Kier molecular flexibility index (Phi) is 6.12. The summed E-state index contributed by atoms with van der Waals surface area (Å²) in [5.41, 5.74) is 1.27. The summed E-state index contributed by atoms with van der Waals surface area (Å²) in [7, 11) is 3.36. The molecular weight excluding hydrogens is 240 g/mol. The van der Waals surface area contributed by atoms with Crippen LogP contribution >= 0.6 is 0 Å². The fraction of sp³-hybridized carbons (Fsp3) is 0.600. The molecule has 0 aromatic heterocycles. The normalized spacial score (nSPS) is 11.4. The average Bonchev–Trinajstić information content (AvgIpc) is 2.36. The Labute approximate surface area is 116 Å². The highest BCUT2D eigenvalue weighted by Gasteiger charge is 2.08. The lowest BCUT2D eigenvalue weighted by atomic mass is 10.1. The molecule has 0 aliphatic carbocycles. The number of hydrogen-bond acceptors (Lipinski definition) is 4. The summed E-state index contributed by atoms with van der Waals surface area (Å²) in [6, 6.07) is 5.84. The van der Waals surface area contributed by atoms with E-state index in [-0.39, 0.29) is 5.54 Å². The van der Waals surface area contributed by atoms with Crippen molar-refractivity contribution in [2.24, 2.45) is 0 Å². The summed E-state index contributed by atoms with van der Waals surface area (Å²) in [5.74, 6) is 1.74. The molecule has 0 saturated carbocycles. The Balaban J connectivity index is 2.43. The zero-order valence-corrected chi connectivity index (χ0v) is 12.7. The predicted molar refractivity (Wildman–Crippen MR) is 79.0 cm³/mol. The molecule has 0 spiro atoms. The second-order valence-electron chi connectivity index (χ2n) is 5.53. The number of benzene rings is 1. The summed E-state index contributed by atoms with van der Waals surface area (Å²) in [5, 5.41) is 6.84. The first-order valence-corrected chi connectivity index (χ1v) is 6.63. The maximum absolute atomic E-state index is 5.34. The molecule has 1 aromatic carbocycles. The maximum atomic E-state index is 5.34. The molecule has 0 amide bonds. The van der Waals surface area contributed by atoms with Crippen LogP contribution in [-0.4, -0.2) is 32.8 Å². The van der Waals surface area contributed by atoms with E-state index in [2.05, 4.69) is 31.4 Å². The molecule has 0 heterocycles. The first kappa shape index (κ1) is 15.8. The van der Waals surface area contributed by atoms with Crippen LogP contribution in [0.1, 0.15) is 26.3 Å². The Hall–Kier alpha value is -1.26. The number of methoxy groups -OCH3 is 2. The molecule has 19 heavy (non-hydrogen) atoms. The van der Waals surface area contributed by atoms with Crippen LogP contribution in [0.4, 0.5) is 0 Å². The summed E-state index contributed by atoms with van der Waals surface area (Å²) in [6.07, 6.45) is 0. The fourth-order valence-corrected chi connectivity index (χ4v) is 1.77. The number of nitrogens with one attached hydrogen (secondary N) is 2. The second kappa shape index (κ2) is 7.36. The van der Waals surface area contributed by atoms with Crippen LogP contribution in [-0.2, 0) is 6.54 Å². The average molecular weight is 266 g/mol. The third-order valence-electron chi connectivity index (χ3n) is 2.76. The highest BCUT2D eigenvalue weighted by Crippen LogP contribution is 2.23. The van der Waals surface area contributed by atoms with Gasteiger partial charge in [-0.15, -0.1) is 0 Å². The molecule has 0 fully saturated rings. The molecule has 4 heteroatoms.